The predicted octanol–water partition coefficient (Wildman–Crippen LogP) is 2.62. The SMILES string of the molecule is CCNCc1cc(S(=O)(=O)NCC(C)SC)cc(F)c1Cl. The van der Waals surface area contributed by atoms with E-state index in [4.69, 9.17) is 11.6 Å². The maximum absolute atomic E-state index is 13.8. The van der Waals surface area contributed by atoms with E-state index in [1.807, 2.05) is 20.1 Å². The molecule has 1 unspecified atom stereocenters. The highest BCUT2D eigenvalue weighted by molar-refractivity contribution is 7.99. The van der Waals surface area contributed by atoms with Gasteiger partial charge in [0, 0.05) is 18.3 Å². The van der Waals surface area contributed by atoms with Crippen LogP contribution in [0, 0.1) is 5.82 Å². The first kappa shape index (κ1) is 18.7. The van der Waals surface area contributed by atoms with Crippen molar-refractivity contribution in [2.45, 2.75) is 30.5 Å². The van der Waals surface area contributed by atoms with Gasteiger partial charge in [-0.25, -0.2) is 17.5 Å². The summed E-state index contributed by atoms with van der Waals surface area (Å²) in [5.74, 6) is -0.731. The first-order valence-corrected chi connectivity index (χ1v) is 9.67. The van der Waals surface area contributed by atoms with Crippen LogP contribution in [0.4, 0.5) is 4.39 Å². The topological polar surface area (TPSA) is 58.2 Å². The molecule has 0 aliphatic rings. The maximum atomic E-state index is 13.8. The lowest BCUT2D eigenvalue weighted by Gasteiger charge is -2.13. The fraction of sp³-hybridized carbons (Fsp3) is 0.538. The molecule has 0 aliphatic heterocycles. The molecule has 0 aromatic heterocycles. The van der Waals surface area contributed by atoms with Crippen LogP contribution in [0.15, 0.2) is 17.0 Å². The van der Waals surface area contributed by atoms with E-state index in [-0.39, 0.29) is 21.7 Å². The summed E-state index contributed by atoms with van der Waals surface area (Å²) in [6, 6.07) is 2.35. The van der Waals surface area contributed by atoms with Crippen LogP contribution in [-0.2, 0) is 16.6 Å². The van der Waals surface area contributed by atoms with Crippen molar-refractivity contribution in [1.29, 1.82) is 0 Å². The van der Waals surface area contributed by atoms with E-state index in [0.29, 0.717) is 18.7 Å². The Morgan fingerprint density at radius 2 is 2.10 bits per heavy atom. The average Bonchev–Trinajstić information content (AvgIpc) is 2.46. The number of rotatable bonds is 8. The molecule has 1 aromatic rings. The molecule has 4 nitrogen and oxygen atoms in total. The average molecular weight is 355 g/mol. The van der Waals surface area contributed by atoms with Crippen molar-refractivity contribution in [3.63, 3.8) is 0 Å². The van der Waals surface area contributed by atoms with Gasteiger partial charge in [0.1, 0.15) is 5.82 Å². The maximum Gasteiger partial charge on any atom is 0.240 e. The molecule has 0 fully saturated rings. The second-order valence-electron chi connectivity index (χ2n) is 4.56. The third-order valence-corrected chi connectivity index (χ3v) is 5.71. The van der Waals surface area contributed by atoms with Crippen LogP contribution in [0.3, 0.4) is 0 Å². The van der Waals surface area contributed by atoms with E-state index in [9.17, 15) is 12.8 Å². The summed E-state index contributed by atoms with van der Waals surface area (Å²) in [7, 11) is -3.74. The molecule has 120 valence electrons. The van der Waals surface area contributed by atoms with Crippen LogP contribution in [0.25, 0.3) is 0 Å². The minimum Gasteiger partial charge on any atom is -0.313 e. The Bertz CT molecular complexity index is 582. The highest BCUT2D eigenvalue weighted by Crippen LogP contribution is 2.24. The first-order valence-electron chi connectivity index (χ1n) is 6.53. The Balaban J connectivity index is 3.03. The minimum atomic E-state index is -3.74. The highest BCUT2D eigenvalue weighted by Gasteiger charge is 2.19. The molecule has 0 heterocycles. The molecule has 1 aromatic carbocycles. The van der Waals surface area contributed by atoms with Gasteiger partial charge in [-0.3, -0.25) is 0 Å². The summed E-state index contributed by atoms with van der Waals surface area (Å²) in [5, 5.41) is 3.09. The third-order valence-electron chi connectivity index (χ3n) is 2.92. The molecule has 0 radical (unpaired) electrons. The van der Waals surface area contributed by atoms with Crippen molar-refractivity contribution in [2.75, 3.05) is 19.3 Å². The van der Waals surface area contributed by atoms with Crippen LogP contribution in [0.1, 0.15) is 19.4 Å². The molecular weight excluding hydrogens is 335 g/mol. The van der Waals surface area contributed by atoms with E-state index in [1.54, 1.807) is 11.8 Å². The summed E-state index contributed by atoms with van der Waals surface area (Å²) in [4.78, 5) is -0.106. The molecule has 0 aliphatic carbocycles. The van der Waals surface area contributed by atoms with E-state index >= 15 is 0 Å². The van der Waals surface area contributed by atoms with Crippen molar-refractivity contribution in [3.8, 4) is 0 Å². The first-order chi connectivity index (χ1) is 9.81. The normalized spacial score (nSPS) is 13.4. The van der Waals surface area contributed by atoms with Crippen molar-refractivity contribution in [3.05, 3.63) is 28.5 Å². The largest absolute Gasteiger partial charge is 0.313 e. The number of nitrogens with one attached hydrogen (secondary N) is 2. The molecule has 2 N–H and O–H groups in total. The Morgan fingerprint density at radius 3 is 2.67 bits per heavy atom. The number of thioether (sulfide) groups is 1. The Kier molecular flexibility index (Phi) is 7.42. The van der Waals surface area contributed by atoms with Crippen molar-refractivity contribution in [2.24, 2.45) is 0 Å². The monoisotopic (exact) mass is 354 g/mol. The molecule has 1 rings (SSSR count). The van der Waals surface area contributed by atoms with Crippen molar-refractivity contribution >= 4 is 33.4 Å². The predicted molar refractivity (Wildman–Crippen MR) is 87.0 cm³/mol. The van der Waals surface area contributed by atoms with Gasteiger partial charge in [-0.1, -0.05) is 25.4 Å². The van der Waals surface area contributed by atoms with Gasteiger partial charge in [-0.05, 0) is 30.5 Å². The molecule has 0 bridgehead atoms. The minimum absolute atomic E-state index is 0.0487. The number of hydrogen-bond acceptors (Lipinski definition) is 4. The van der Waals surface area contributed by atoms with Crippen LogP contribution in [-0.4, -0.2) is 33.0 Å². The molecular formula is C13H20ClFN2O2S2. The Morgan fingerprint density at radius 1 is 1.43 bits per heavy atom. The van der Waals surface area contributed by atoms with E-state index < -0.39 is 15.8 Å². The van der Waals surface area contributed by atoms with Gasteiger partial charge in [0.25, 0.3) is 0 Å². The summed E-state index contributed by atoms with van der Waals surface area (Å²) >= 11 is 7.42. The summed E-state index contributed by atoms with van der Waals surface area (Å²) in [6.07, 6.45) is 1.90. The Labute approximate surface area is 134 Å². The van der Waals surface area contributed by atoms with Gasteiger partial charge in [-0.2, -0.15) is 11.8 Å². The fourth-order valence-electron chi connectivity index (χ4n) is 1.56. The van der Waals surface area contributed by atoms with Crippen molar-refractivity contribution < 1.29 is 12.8 Å². The molecule has 0 spiro atoms. The van der Waals surface area contributed by atoms with E-state index in [2.05, 4.69) is 10.0 Å². The zero-order valence-corrected chi connectivity index (χ0v) is 14.6. The lowest BCUT2D eigenvalue weighted by Crippen LogP contribution is -2.29. The lowest BCUT2D eigenvalue weighted by atomic mass is 10.2. The Hall–Kier alpha value is -0.340. The zero-order chi connectivity index (χ0) is 16.0. The van der Waals surface area contributed by atoms with Gasteiger partial charge in [0.05, 0.1) is 9.92 Å². The van der Waals surface area contributed by atoms with Gasteiger partial charge in [0.15, 0.2) is 0 Å². The van der Waals surface area contributed by atoms with Gasteiger partial charge in [-0.15, -0.1) is 0 Å². The molecule has 0 saturated heterocycles. The van der Waals surface area contributed by atoms with Crippen LogP contribution in [0.2, 0.25) is 5.02 Å². The zero-order valence-electron chi connectivity index (χ0n) is 12.2. The van der Waals surface area contributed by atoms with Gasteiger partial charge >= 0.3 is 0 Å². The quantitative estimate of drug-likeness (QED) is 0.753. The van der Waals surface area contributed by atoms with Crippen LogP contribution in [0.5, 0.6) is 0 Å². The van der Waals surface area contributed by atoms with E-state index in [0.717, 1.165) is 6.07 Å². The lowest BCUT2D eigenvalue weighted by molar-refractivity contribution is 0.576. The van der Waals surface area contributed by atoms with Crippen molar-refractivity contribution in [1.82, 2.24) is 10.0 Å². The number of hydrogen-bond donors (Lipinski definition) is 2. The van der Waals surface area contributed by atoms with E-state index in [1.165, 1.54) is 6.07 Å². The second-order valence-corrected chi connectivity index (χ2v) is 7.98. The highest BCUT2D eigenvalue weighted by atomic mass is 35.5. The summed E-state index contributed by atoms with van der Waals surface area (Å²) in [6.45, 7) is 5.09. The number of benzene rings is 1. The fourth-order valence-corrected chi connectivity index (χ4v) is 3.28. The van der Waals surface area contributed by atoms with Crippen LogP contribution < -0.4 is 10.0 Å². The third kappa shape index (κ3) is 5.41. The molecule has 0 saturated carbocycles. The molecule has 0 amide bonds. The summed E-state index contributed by atoms with van der Waals surface area (Å²) < 4.78 is 40.7. The molecule has 1 atom stereocenters. The van der Waals surface area contributed by atoms with Gasteiger partial charge in [0.2, 0.25) is 10.0 Å². The summed E-state index contributed by atoms with van der Waals surface area (Å²) in [5.41, 5.74) is 0.428. The number of halogens is 2. The van der Waals surface area contributed by atoms with Gasteiger partial charge < -0.3 is 5.32 Å². The standard InChI is InChI=1S/C13H20ClFN2O2S2/c1-4-16-8-10-5-11(6-12(15)13(10)14)21(18,19)17-7-9(2)20-3/h5-6,9,16-17H,4,7-8H2,1-3H3. The molecule has 8 heteroatoms. The van der Waals surface area contributed by atoms with Crippen LogP contribution >= 0.6 is 23.4 Å². The molecule has 21 heavy (non-hydrogen) atoms. The number of sulfonamides is 1. The second kappa shape index (κ2) is 8.33. The smallest absolute Gasteiger partial charge is 0.240 e.